The molecule has 2 amide bonds. The zero-order chi connectivity index (χ0) is 21.0. The van der Waals surface area contributed by atoms with Gasteiger partial charge in [-0.25, -0.2) is 0 Å². The lowest BCUT2D eigenvalue weighted by molar-refractivity contribution is 0.0880. The van der Waals surface area contributed by atoms with Crippen molar-refractivity contribution >= 4 is 33.6 Å². The molecule has 3 aromatic carbocycles. The number of fused-ring (bicyclic) bond motifs is 5. The van der Waals surface area contributed by atoms with Crippen LogP contribution in [0.15, 0.2) is 42.5 Å². The van der Waals surface area contributed by atoms with Gasteiger partial charge >= 0.3 is 0 Å². The number of ether oxygens (including phenoxy) is 3. The van der Waals surface area contributed by atoms with Crippen LogP contribution in [0.3, 0.4) is 0 Å². The number of carbonyl (C=O) groups is 2. The molecule has 0 saturated heterocycles. The Morgan fingerprint density at radius 2 is 1.50 bits per heavy atom. The molecule has 1 aliphatic rings. The van der Waals surface area contributed by atoms with E-state index in [1.165, 1.54) is 0 Å². The number of methoxy groups -OCH3 is 3. The fourth-order valence-electron chi connectivity index (χ4n) is 4.14. The van der Waals surface area contributed by atoms with Gasteiger partial charge in [0.1, 0.15) is 0 Å². The molecule has 2 N–H and O–H groups in total. The second-order valence-corrected chi connectivity index (χ2v) is 6.96. The average molecular weight is 402 g/mol. The molecule has 2 heterocycles. The molecule has 1 aromatic heterocycles. The van der Waals surface area contributed by atoms with E-state index in [-0.39, 0.29) is 0 Å². The third-order valence-corrected chi connectivity index (χ3v) is 5.46. The lowest BCUT2D eigenvalue weighted by Crippen LogP contribution is -2.20. The van der Waals surface area contributed by atoms with Crippen LogP contribution in [0.1, 0.15) is 20.7 Å². The van der Waals surface area contributed by atoms with Crippen molar-refractivity contribution in [3.05, 3.63) is 53.6 Å². The second kappa shape index (κ2) is 6.52. The monoisotopic (exact) mass is 402 g/mol. The summed E-state index contributed by atoms with van der Waals surface area (Å²) in [6.07, 6.45) is 0. The maximum atomic E-state index is 12.5. The third kappa shape index (κ3) is 2.38. The zero-order valence-corrected chi connectivity index (χ0v) is 16.6. The summed E-state index contributed by atoms with van der Waals surface area (Å²) in [5.74, 6) is 0.669. The van der Waals surface area contributed by atoms with Crippen LogP contribution in [0.5, 0.6) is 17.2 Å². The summed E-state index contributed by atoms with van der Waals surface area (Å²) in [5.41, 5.74) is 3.76. The van der Waals surface area contributed by atoms with Gasteiger partial charge in [-0.1, -0.05) is 18.2 Å². The van der Waals surface area contributed by atoms with Crippen LogP contribution in [-0.2, 0) is 0 Å². The zero-order valence-electron chi connectivity index (χ0n) is 16.6. The number of benzene rings is 3. The van der Waals surface area contributed by atoms with E-state index in [0.29, 0.717) is 33.9 Å². The summed E-state index contributed by atoms with van der Waals surface area (Å²) in [6, 6.07) is 13.2. The van der Waals surface area contributed by atoms with Gasteiger partial charge in [-0.2, -0.15) is 0 Å². The molecule has 7 nitrogen and oxygen atoms in total. The highest BCUT2D eigenvalue weighted by Crippen LogP contribution is 2.45. The third-order valence-electron chi connectivity index (χ3n) is 5.46. The number of hydrogen-bond acceptors (Lipinski definition) is 5. The van der Waals surface area contributed by atoms with Crippen LogP contribution >= 0.6 is 0 Å². The van der Waals surface area contributed by atoms with Gasteiger partial charge < -0.3 is 19.2 Å². The molecule has 0 aliphatic carbocycles. The van der Waals surface area contributed by atoms with Crippen LogP contribution in [0, 0.1) is 0 Å². The molecule has 0 saturated carbocycles. The normalized spacial score (nSPS) is 12.9. The minimum atomic E-state index is -0.413. The van der Waals surface area contributed by atoms with Gasteiger partial charge in [0, 0.05) is 16.3 Å². The van der Waals surface area contributed by atoms with Gasteiger partial charge in [0.15, 0.2) is 11.5 Å². The van der Waals surface area contributed by atoms with E-state index in [4.69, 9.17) is 14.2 Å². The summed E-state index contributed by atoms with van der Waals surface area (Å²) in [7, 11) is 4.65. The smallest absolute Gasteiger partial charge is 0.261 e. The Hall–Kier alpha value is -4.00. The molecule has 1 aliphatic heterocycles. The standard InChI is InChI=1S/C23H18N2O5/c1-28-16-8-11(9-17(29-2)21(16)30-3)13-10-14-19(23(27)25-22(14)26)20-18(13)12-6-4-5-7-15(12)24-20/h4-10,24H,1-3H3,(H,25,26,27). The SMILES string of the molecule is COc1cc(-c2cc3c(c4[nH]c5ccccc5c24)C(=O)NC3=O)cc(OC)c1OC. The van der Waals surface area contributed by atoms with E-state index < -0.39 is 11.8 Å². The first kappa shape index (κ1) is 18.1. The Morgan fingerprint density at radius 1 is 0.800 bits per heavy atom. The van der Waals surface area contributed by atoms with Gasteiger partial charge in [0.25, 0.3) is 11.8 Å². The first-order chi connectivity index (χ1) is 14.6. The first-order valence-electron chi connectivity index (χ1n) is 9.30. The molecule has 30 heavy (non-hydrogen) atoms. The Kier molecular flexibility index (Phi) is 3.92. The molecule has 0 spiro atoms. The van der Waals surface area contributed by atoms with Gasteiger partial charge in [-0.3, -0.25) is 14.9 Å². The molecular weight excluding hydrogens is 384 g/mol. The molecule has 7 heteroatoms. The van der Waals surface area contributed by atoms with E-state index in [1.54, 1.807) is 27.4 Å². The minimum Gasteiger partial charge on any atom is -0.493 e. The second-order valence-electron chi connectivity index (χ2n) is 6.96. The van der Waals surface area contributed by atoms with E-state index in [1.807, 2.05) is 36.4 Å². The van der Waals surface area contributed by atoms with Gasteiger partial charge in [-0.15, -0.1) is 0 Å². The molecule has 0 bridgehead atoms. The molecular formula is C23H18N2O5. The van der Waals surface area contributed by atoms with Crippen LogP contribution in [0.2, 0.25) is 0 Å². The minimum absolute atomic E-state index is 0.336. The molecule has 0 unspecified atom stereocenters. The van der Waals surface area contributed by atoms with Crippen molar-refractivity contribution in [3.63, 3.8) is 0 Å². The number of aromatic amines is 1. The number of rotatable bonds is 4. The van der Waals surface area contributed by atoms with Crippen molar-refractivity contribution in [2.24, 2.45) is 0 Å². The van der Waals surface area contributed by atoms with Crippen molar-refractivity contribution < 1.29 is 23.8 Å². The average Bonchev–Trinajstić information content (AvgIpc) is 3.29. The predicted molar refractivity (Wildman–Crippen MR) is 113 cm³/mol. The van der Waals surface area contributed by atoms with Crippen LogP contribution < -0.4 is 19.5 Å². The molecule has 0 radical (unpaired) electrons. The summed E-state index contributed by atoms with van der Waals surface area (Å²) in [6.45, 7) is 0. The maximum Gasteiger partial charge on any atom is 0.261 e. The van der Waals surface area contributed by atoms with E-state index in [2.05, 4.69) is 10.3 Å². The summed E-state index contributed by atoms with van der Waals surface area (Å²) in [5, 5.41) is 4.19. The fraction of sp³-hybridized carbons (Fsp3) is 0.130. The van der Waals surface area contributed by atoms with Crippen molar-refractivity contribution in [2.75, 3.05) is 21.3 Å². The molecule has 150 valence electrons. The Bertz CT molecular complexity index is 1340. The summed E-state index contributed by atoms with van der Waals surface area (Å²) in [4.78, 5) is 28.3. The number of nitrogens with one attached hydrogen (secondary N) is 2. The van der Waals surface area contributed by atoms with E-state index >= 15 is 0 Å². The van der Waals surface area contributed by atoms with E-state index in [0.717, 1.165) is 27.4 Å². The molecule has 0 atom stereocenters. The molecule has 0 fully saturated rings. The van der Waals surface area contributed by atoms with Crippen LogP contribution in [0.4, 0.5) is 0 Å². The van der Waals surface area contributed by atoms with Crippen molar-refractivity contribution in [1.82, 2.24) is 10.3 Å². The topological polar surface area (TPSA) is 89.7 Å². The van der Waals surface area contributed by atoms with Crippen molar-refractivity contribution in [3.8, 4) is 28.4 Å². The number of aromatic nitrogens is 1. The van der Waals surface area contributed by atoms with Gasteiger partial charge in [-0.05, 0) is 35.4 Å². The van der Waals surface area contributed by atoms with Crippen molar-refractivity contribution in [2.45, 2.75) is 0 Å². The molecule has 4 aromatic rings. The van der Waals surface area contributed by atoms with Crippen LogP contribution in [-0.4, -0.2) is 38.1 Å². The molecule has 5 rings (SSSR count). The van der Waals surface area contributed by atoms with Crippen molar-refractivity contribution in [1.29, 1.82) is 0 Å². The quantitative estimate of drug-likeness (QED) is 0.506. The van der Waals surface area contributed by atoms with Gasteiger partial charge in [0.05, 0.1) is 38.0 Å². The van der Waals surface area contributed by atoms with Gasteiger partial charge in [0.2, 0.25) is 5.75 Å². The highest BCUT2D eigenvalue weighted by molar-refractivity contribution is 6.30. The Morgan fingerprint density at radius 3 is 2.17 bits per heavy atom. The number of carbonyl (C=O) groups excluding carboxylic acids is 2. The number of H-pyrrole nitrogens is 1. The number of imide groups is 1. The highest BCUT2D eigenvalue weighted by atomic mass is 16.5. The first-order valence-corrected chi connectivity index (χ1v) is 9.30. The largest absolute Gasteiger partial charge is 0.493 e. The lowest BCUT2D eigenvalue weighted by atomic mass is 9.93. The number of amides is 2. The van der Waals surface area contributed by atoms with Crippen LogP contribution in [0.25, 0.3) is 32.9 Å². The summed E-state index contributed by atoms with van der Waals surface area (Å²) < 4.78 is 16.4. The summed E-state index contributed by atoms with van der Waals surface area (Å²) >= 11 is 0. The Labute approximate surface area is 171 Å². The predicted octanol–water partition coefficient (Wildman–Crippen LogP) is 3.90. The Balaban J connectivity index is 1.93. The number of hydrogen-bond donors (Lipinski definition) is 2. The highest BCUT2D eigenvalue weighted by Gasteiger charge is 2.32. The maximum absolute atomic E-state index is 12.5. The fourth-order valence-corrected chi connectivity index (χ4v) is 4.14. The number of para-hydroxylation sites is 1. The van der Waals surface area contributed by atoms with E-state index in [9.17, 15) is 9.59 Å². The lowest BCUT2D eigenvalue weighted by Gasteiger charge is -2.15.